The third kappa shape index (κ3) is 3.58. The Hall–Kier alpha value is -3.20. The first-order valence-electron chi connectivity index (χ1n) is 7.80. The second-order valence-corrected chi connectivity index (χ2v) is 5.45. The third-order valence-electron chi connectivity index (χ3n) is 3.75. The molecule has 0 aromatic heterocycles. The molecule has 1 N–H and O–H groups in total. The molecule has 3 rings (SSSR count). The summed E-state index contributed by atoms with van der Waals surface area (Å²) in [5.41, 5.74) is 6.87. The van der Waals surface area contributed by atoms with Crippen LogP contribution in [-0.2, 0) is 0 Å². The van der Waals surface area contributed by atoms with E-state index in [2.05, 4.69) is 10.5 Å². The van der Waals surface area contributed by atoms with Gasteiger partial charge in [-0.2, -0.15) is 5.10 Å². The summed E-state index contributed by atoms with van der Waals surface area (Å²) < 4.78 is 0. The average molecular weight is 314 g/mol. The van der Waals surface area contributed by atoms with Crippen molar-refractivity contribution in [1.82, 2.24) is 5.43 Å². The van der Waals surface area contributed by atoms with E-state index in [1.54, 1.807) is 6.07 Å². The Bertz CT molecular complexity index is 814. The number of hydrogen-bond donors (Lipinski definition) is 1. The molecule has 0 atom stereocenters. The molecule has 3 heteroatoms. The highest BCUT2D eigenvalue weighted by Gasteiger charge is 2.10. The average Bonchev–Trinajstić information content (AvgIpc) is 2.64. The molecule has 0 bridgehead atoms. The predicted molar refractivity (Wildman–Crippen MR) is 97.2 cm³/mol. The van der Waals surface area contributed by atoms with Crippen molar-refractivity contribution in [2.24, 2.45) is 5.10 Å². The van der Waals surface area contributed by atoms with Gasteiger partial charge in [0.1, 0.15) is 0 Å². The maximum absolute atomic E-state index is 12.4. The van der Waals surface area contributed by atoms with Gasteiger partial charge in [0.25, 0.3) is 5.91 Å². The minimum Gasteiger partial charge on any atom is -0.267 e. The van der Waals surface area contributed by atoms with E-state index in [1.807, 2.05) is 85.8 Å². The fourth-order valence-electron chi connectivity index (χ4n) is 2.48. The maximum Gasteiger partial charge on any atom is 0.271 e. The third-order valence-corrected chi connectivity index (χ3v) is 3.75. The molecule has 3 aromatic rings. The van der Waals surface area contributed by atoms with Crippen molar-refractivity contribution in [3.63, 3.8) is 0 Å². The van der Waals surface area contributed by atoms with E-state index in [4.69, 9.17) is 0 Å². The summed E-state index contributed by atoms with van der Waals surface area (Å²) in [5.74, 6) is -0.211. The summed E-state index contributed by atoms with van der Waals surface area (Å²) in [7, 11) is 0. The van der Waals surface area contributed by atoms with E-state index in [0.29, 0.717) is 5.56 Å². The first-order valence-corrected chi connectivity index (χ1v) is 7.80. The van der Waals surface area contributed by atoms with E-state index in [1.165, 1.54) is 0 Å². The number of nitrogens with zero attached hydrogens (tertiary/aromatic N) is 1. The fraction of sp³-hybridized carbons (Fsp3) is 0.0476. The summed E-state index contributed by atoms with van der Waals surface area (Å²) in [6.07, 6.45) is 0. The number of hydrogen-bond acceptors (Lipinski definition) is 2. The Labute approximate surface area is 141 Å². The van der Waals surface area contributed by atoms with Gasteiger partial charge in [-0.1, -0.05) is 78.9 Å². The zero-order valence-corrected chi connectivity index (χ0v) is 13.4. The van der Waals surface area contributed by atoms with Crippen LogP contribution in [0.15, 0.2) is 90.0 Å². The molecule has 0 aliphatic carbocycles. The number of aryl methyl sites for hydroxylation is 1. The second kappa shape index (κ2) is 7.38. The molecule has 3 nitrogen and oxygen atoms in total. The molecule has 0 aliphatic heterocycles. The standard InChI is InChI=1S/C21H18N2O/c1-16-10-8-9-15-19(16)21(24)23-22-20(17-11-4-2-5-12-17)18-13-6-3-7-14-18/h2-15H,1H3,(H,23,24). The van der Waals surface area contributed by atoms with Crippen LogP contribution < -0.4 is 5.43 Å². The minimum absolute atomic E-state index is 0.211. The molecule has 0 aliphatic rings. The number of carbonyl (C=O) groups excluding carboxylic acids is 1. The van der Waals surface area contributed by atoms with Gasteiger partial charge in [0, 0.05) is 16.7 Å². The number of benzene rings is 3. The van der Waals surface area contributed by atoms with Crippen LogP contribution in [0.25, 0.3) is 0 Å². The van der Waals surface area contributed by atoms with Crippen LogP contribution in [0.3, 0.4) is 0 Å². The molecular formula is C21H18N2O. The molecule has 0 unspecified atom stereocenters. The molecule has 0 fully saturated rings. The first kappa shape index (κ1) is 15.7. The van der Waals surface area contributed by atoms with Crippen molar-refractivity contribution in [2.75, 3.05) is 0 Å². The summed E-state index contributed by atoms with van der Waals surface area (Å²) in [6, 6.07) is 27.1. The normalized spacial score (nSPS) is 10.0. The van der Waals surface area contributed by atoms with Gasteiger partial charge in [-0.25, -0.2) is 5.43 Å². The van der Waals surface area contributed by atoms with Crippen molar-refractivity contribution in [1.29, 1.82) is 0 Å². The van der Waals surface area contributed by atoms with Gasteiger partial charge in [-0.05, 0) is 18.6 Å². The second-order valence-electron chi connectivity index (χ2n) is 5.45. The largest absolute Gasteiger partial charge is 0.271 e. The summed E-state index contributed by atoms with van der Waals surface area (Å²) in [4.78, 5) is 12.4. The van der Waals surface area contributed by atoms with Gasteiger partial charge >= 0.3 is 0 Å². The number of carbonyl (C=O) groups is 1. The predicted octanol–water partition coefficient (Wildman–Crippen LogP) is 4.18. The van der Waals surface area contributed by atoms with Gasteiger partial charge in [0.05, 0.1) is 5.71 Å². The summed E-state index contributed by atoms with van der Waals surface area (Å²) >= 11 is 0. The zero-order valence-electron chi connectivity index (χ0n) is 13.4. The molecule has 1 amide bonds. The molecule has 0 heterocycles. The van der Waals surface area contributed by atoms with Crippen LogP contribution in [0.4, 0.5) is 0 Å². The van der Waals surface area contributed by atoms with Gasteiger partial charge in [0.2, 0.25) is 0 Å². The van der Waals surface area contributed by atoms with E-state index in [-0.39, 0.29) is 5.91 Å². The molecule has 24 heavy (non-hydrogen) atoms. The smallest absolute Gasteiger partial charge is 0.267 e. The zero-order chi connectivity index (χ0) is 16.8. The van der Waals surface area contributed by atoms with Crippen molar-refractivity contribution in [3.05, 3.63) is 107 Å². The minimum atomic E-state index is -0.211. The Morgan fingerprint density at radius 1 is 0.750 bits per heavy atom. The van der Waals surface area contributed by atoms with E-state index in [0.717, 1.165) is 22.4 Å². The van der Waals surface area contributed by atoms with Crippen LogP contribution >= 0.6 is 0 Å². The van der Waals surface area contributed by atoms with Crippen molar-refractivity contribution >= 4 is 11.6 Å². The lowest BCUT2D eigenvalue weighted by Crippen LogP contribution is -2.21. The molecular weight excluding hydrogens is 296 g/mol. The quantitative estimate of drug-likeness (QED) is 0.570. The van der Waals surface area contributed by atoms with E-state index >= 15 is 0 Å². The van der Waals surface area contributed by atoms with Gasteiger partial charge < -0.3 is 0 Å². The van der Waals surface area contributed by atoms with Crippen LogP contribution in [0.1, 0.15) is 27.0 Å². The number of amides is 1. The Balaban J connectivity index is 1.93. The topological polar surface area (TPSA) is 41.5 Å². The number of rotatable bonds is 4. The number of nitrogens with one attached hydrogen (secondary N) is 1. The highest BCUT2D eigenvalue weighted by atomic mass is 16.2. The monoisotopic (exact) mass is 314 g/mol. The Kier molecular flexibility index (Phi) is 4.82. The van der Waals surface area contributed by atoms with Gasteiger partial charge in [0.15, 0.2) is 0 Å². The van der Waals surface area contributed by atoms with Crippen LogP contribution in [0.2, 0.25) is 0 Å². The molecule has 3 aromatic carbocycles. The summed E-state index contributed by atoms with van der Waals surface area (Å²) in [5, 5.41) is 4.40. The molecule has 0 radical (unpaired) electrons. The van der Waals surface area contributed by atoms with E-state index < -0.39 is 0 Å². The van der Waals surface area contributed by atoms with Gasteiger partial charge in [-0.15, -0.1) is 0 Å². The lowest BCUT2D eigenvalue weighted by Gasteiger charge is -2.09. The molecule has 118 valence electrons. The highest BCUT2D eigenvalue weighted by Crippen LogP contribution is 2.11. The first-order chi connectivity index (χ1) is 11.8. The summed E-state index contributed by atoms with van der Waals surface area (Å²) in [6.45, 7) is 1.91. The lowest BCUT2D eigenvalue weighted by molar-refractivity contribution is 0.0954. The van der Waals surface area contributed by atoms with E-state index in [9.17, 15) is 4.79 Å². The SMILES string of the molecule is Cc1ccccc1C(=O)NN=C(c1ccccc1)c1ccccc1. The number of hydrazone groups is 1. The highest BCUT2D eigenvalue weighted by molar-refractivity contribution is 6.13. The molecule has 0 spiro atoms. The lowest BCUT2D eigenvalue weighted by atomic mass is 10.0. The van der Waals surface area contributed by atoms with Crippen molar-refractivity contribution in [3.8, 4) is 0 Å². The van der Waals surface area contributed by atoms with Gasteiger partial charge in [-0.3, -0.25) is 4.79 Å². The van der Waals surface area contributed by atoms with Crippen LogP contribution in [-0.4, -0.2) is 11.6 Å². The van der Waals surface area contributed by atoms with Crippen LogP contribution in [0.5, 0.6) is 0 Å². The van der Waals surface area contributed by atoms with Crippen molar-refractivity contribution in [2.45, 2.75) is 6.92 Å². The maximum atomic E-state index is 12.4. The Morgan fingerprint density at radius 3 is 1.79 bits per heavy atom. The van der Waals surface area contributed by atoms with Crippen LogP contribution in [0, 0.1) is 6.92 Å². The Morgan fingerprint density at radius 2 is 1.25 bits per heavy atom. The molecule has 0 saturated carbocycles. The fourth-order valence-corrected chi connectivity index (χ4v) is 2.48. The van der Waals surface area contributed by atoms with Crippen molar-refractivity contribution < 1.29 is 4.79 Å². The molecule has 0 saturated heterocycles.